The van der Waals surface area contributed by atoms with Gasteiger partial charge in [0, 0.05) is 12.6 Å². The largest absolute Gasteiger partial charge is 0.392 e. The molecule has 0 bridgehead atoms. The maximum atomic E-state index is 9.78. The van der Waals surface area contributed by atoms with Crippen molar-refractivity contribution in [3.63, 3.8) is 0 Å². The second-order valence-electron chi connectivity index (χ2n) is 6.18. The standard InChI is InChI=1S/C14H27NO/c1-10(2)14(16)9-15-13-5-3-4-12(8-13)11-6-7-11/h10-16H,3-9H2,1-2H3. The Balaban J connectivity index is 1.68. The van der Waals surface area contributed by atoms with Gasteiger partial charge in [0.1, 0.15) is 0 Å². The van der Waals surface area contributed by atoms with E-state index >= 15 is 0 Å². The molecule has 16 heavy (non-hydrogen) atoms. The Labute approximate surface area is 99.8 Å². The minimum absolute atomic E-state index is 0.179. The summed E-state index contributed by atoms with van der Waals surface area (Å²) in [7, 11) is 0. The third-order valence-corrected chi connectivity index (χ3v) is 4.39. The van der Waals surface area contributed by atoms with Crippen LogP contribution in [0.2, 0.25) is 0 Å². The molecule has 2 N–H and O–H groups in total. The molecule has 2 aliphatic carbocycles. The van der Waals surface area contributed by atoms with Crippen LogP contribution in [0.15, 0.2) is 0 Å². The summed E-state index contributed by atoms with van der Waals surface area (Å²) >= 11 is 0. The van der Waals surface area contributed by atoms with Gasteiger partial charge < -0.3 is 10.4 Å². The highest BCUT2D eigenvalue weighted by atomic mass is 16.3. The molecule has 0 spiro atoms. The summed E-state index contributed by atoms with van der Waals surface area (Å²) in [6.07, 6.45) is 8.29. The Morgan fingerprint density at radius 2 is 1.88 bits per heavy atom. The van der Waals surface area contributed by atoms with Crippen molar-refractivity contribution >= 4 is 0 Å². The Bertz CT molecular complexity index is 213. The molecule has 0 saturated heterocycles. The van der Waals surface area contributed by atoms with Gasteiger partial charge in [-0.25, -0.2) is 0 Å². The van der Waals surface area contributed by atoms with E-state index in [1.54, 1.807) is 0 Å². The first-order valence-electron chi connectivity index (χ1n) is 7.08. The lowest BCUT2D eigenvalue weighted by molar-refractivity contribution is 0.114. The van der Waals surface area contributed by atoms with E-state index in [0.29, 0.717) is 12.0 Å². The predicted octanol–water partition coefficient (Wildman–Crippen LogP) is 2.56. The van der Waals surface area contributed by atoms with Crippen LogP contribution in [-0.2, 0) is 0 Å². The molecule has 0 aromatic heterocycles. The zero-order chi connectivity index (χ0) is 11.5. The van der Waals surface area contributed by atoms with Gasteiger partial charge in [0.25, 0.3) is 0 Å². The van der Waals surface area contributed by atoms with Crippen molar-refractivity contribution in [1.29, 1.82) is 0 Å². The molecule has 2 nitrogen and oxygen atoms in total. The van der Waals surface area contributed by atoms with Crippen LogP contribution in [0.3, 0.4) is 0 Å². The van der Waals surface area contributed by atoms with Gasteiger partial charge in [-0.3, -0.25) is 0 Å². The van der Waals surface area contributed by atoms with Crippen molar-refractivity contribution in [2.45, 2.75) is 64.5 Å². The van der Waals surface area contributed by atoms with E-state index in [4.69, 9.17) is 0 Å². The summed E-state index contributed by atoms with van der Waals surface area (Å²) in [5.74, 6) is 2.41. The molecule has 2 rings (SSSR count). The molecule has 3 unspecified atom stereocenters. The molecular formula is C14H27NO. The Morgan fingerprint density at radius 3 is 2.50 bits per heavy atom. The number of aliphatic hydroxyl groups excluding tert-OH is 1. The van der Waals surface area contributed by atoms with Gasteiger partial charge in [-0.05, 0) is 43.4 Å². The molecule has 0 amide bonds. The lowest BCUT2D eigenvalue weighted by atomic mass is 9.82. The van der Waals surface area contributed by atoms with Gasteiger partial charge in [0.15, 0.2) is 0 Å². The Morgan fingerprint density at radius 1 is 1.12 bits per heavy atom. The fourth-order valence-corrected chi connectivity index (χ4v) is 2.93. The van der Waals surface area contributed by atoms with Crippen molar-refractivity contribution in [2.24, 2.45) is 17.8 Å². The quantitative estimate of drug-likeness (QED) is 0.753. The zero-order valence-electron chi connectivity index (χ0n) is 10.8. The molecular weight excluding hydrogens is 198 g/mol. The number of hydrogen-bond acceptors (Lipinski definition) is 2. The van der Waals surface area contributed by atoms with Crippen LogP contribution in [0.4, 0.5) is 0 Å². The molecule has 94 valence electrons. The fourth-order valence-electron chi connectivity index (χ4n) is 2.93. The summed E-state index contributed by atoms with van der Waals surface area (Å²) in [5, 5.41) is 13.3. The molecule has 2 aliphatic rings. The molecule has 0 aromatic carbocycles. The molecule has 3 atom stereocenters. The van der Waals surface area contributed by atoms with Gasteiger partial charge in [0.2, 0.25) is 0 Å². The van der Waals surface area contributed by atoms with E-state index in [9.17, 15) is 5.11 Å². The molecule has 2 saturated carbocycles. The van der Waals surface area contributed by atoms with Crippen LogP contribution in [0.1, 0.15) is 52.4 Å². The van der Waals surface area contributed by atoms with E-state index in [1.165, 1.54) is 38.5 Å². The van der Waals surface area contributed by atoms with Gasteiger partial charge in [-0.1, -0.05) is 26.7 Å². The zero-order valence-corrected chi connectivity index (χ0v) is 10.8. The lowest BCUT2D eigenvalue weighted by Gasteiger charge is -2.31. The number of nitrogens with one attached hydrogen (secondary N) is 1. The highest BCUT2D eigenvalue weighted by molar-refractivity contribution is 4.88. The third kappa shape index (κ3) is 3.46. The summed E-state index contributed by atoms with van der Waals surface area (Å²) in [5.41, 5.74) is 0. The highest BCUT2D eigenvalue weighted by Crippen LogP contribution is 2.43. The molecule has 0 aromatic rings. The van der Waals surface area contributed by atoms with Crippen molar-refractivity contribution in [3.05, 3.63) is 0 Å². The average molecular weight is 225 g/mol. The van der Waals surface area contributed by atoms with E-state index in [2.05, 4.69) is 19.2 Å². The van der Waals surface area contributed by atoms with E-state index in [0.717, 1.165) is 18.4 Å². The summed E-state index contributed by atoms with van der Waals surface area (Å²) in [4.78, 5) is 0. The Hall–Kier alpha value is -0.0800. The van der Waals surface area contributed by atoms with E-state index in [1.807, 2.05) is 0 Å². The number of hydrogen-bond donors (Lipinski definition) is 2. The molecule has 2 heteroatoms. The van der Waals surface area contributed by atoms with Crippen LogP contribution < -0.4 is 5.32 Å². The summed E-state index contributed by atoms with van der Waals surface area (Å²) in [6, 6.07) is 0.674. The average Bonchev–Trinajstić information content (AvgIpc) is 3.10. The maximum absolute atomic E-state index is 9.78. The molecule has 0 radical (unpaired) electrons. The van der Waals surface area contributed by atoms with Crippen molar-refractivity contribution in [1.82, 2.24) is 5.32 Å². The van der Waals surface area contributed by atoms with Gasteiger partial charge in [-0.15, -0.1) is 0 Å². The van der Waals surface area contributed by atoms with Gasteiger partial charge in [0.05, 0.1) is 6.10 Å². The molecule has 0 heterocycles. The van der Waals surface area contributed by atoms with Crippen LogP contribution in [0, 0.1) is 17.8 Å². The Kier molecular flexibility index (Phi) is 4.26. The first kappa shape index (κ1) is 12.4. The van der Waals surface area contributed by atoms with Crippen molar-refractivity contribution in [2.75, 3.05) is 6.54 Å². The smallest absolute Gasteiger partial charge is 0.0687 e. The SMILES string of the molecule is CC(C)C(O)CNC1CCCC(C2CC2)C1. The minimum atomic E-state index is -0.179. The monoisotopic (exact) mass is 225 g/mol. The maximum Gasteiger partial charge on any atom is 0.0687 e. The first-order chi connectivity index (χ1) is 7.66. The summed E-state index contributed by atoms with van der Waals surface area (Å²) < 4.78 is 0. The number of rotatable bonds is 5. The molecule has 2 fully saturated rings. The van der Waals surface area contributed by atoms with E-state index in [-0.39, 0.29) is 6.10 Å². The first-order valence-corrected chi connectivity index (χ1v) is 7.08. The summed E-state index contributed by atoms with van der Waals surface area (Å²) in [6.45, 7) is 4.94. The number of aliphatic hydroxyl groups is 1. The fraction of sp³-hybridized carbons (Fsp3) is 1.00. The van der Waals surface area contributed by atoms with Crippen LogP contribution in [-0.4, -0.2) is 23.8 Å². The van der Waals surface area contributed by atoms with Crippen molar-refractivity contribution < 1.29 is 5.11 Å². The van der Waals surface area contributed by atoms with Crippen LogP contribution >= 0.6 is 0 Å². The second-order valence-corrected chi connectivity index (χ2v) is 6.18. The van der Waals surface area contributed by atoms with Gasteiger partial charge >= 0.3 is 0 Å². The minimum Gasteiger partial charge on any atom is -0.392 e. The van der Waals surface area contributed by atoms with Crippen LogP contribution in [0.5, 0.6) is 0 Å². The normalized spacial score (nSPS) is 33.0. The van der Waals surface area contributed by atoms with E-state index < -0.39 is 0 Å². The predicted molar refractivity (Wildman–Crippen MR) is 67.3 cm³/mol. The van der Waals surface area contributed by atoms with Crippen molar-refractivity contribution in [3.8, 4) is 0 Å². The third-order valence-electron chi connectivity index (χ3n) is 4.39. The van der Waals surface area contributed by atoms with Gasteiger partial charge in [-0.2, -0.15) is 0 Å². The molecule has 0 aliphatic heterocycles. The topological polar surface area (TPSA) is 32.3 Å². The van der Waals surface area contributed by atoms with Crippen LogP contribution in [0.25, 0.3) is 0 Å². The lowest BCUT2D eigenvalue weighted by Crippen LogP contribution is -2.40. The highest BCUT2D eigenvalue weighted by Gasteiger charge is 2.34. The second kappa shape index (κ2) is 5.50.